The fraction of sp³-hybridized carbons (Fsp3) is 0.667. The molecule has 0 radical (unpaired) electrons. The summed E-state index contributed by atoms with van der Waals surface area (Å²) < 4.78 is 5.44. The number of nitrogens with zero attached hydrogens (tertiary/aromatic N) is 2. The highest BCUT2D eigenvalue weighted by atomic mass is 16.5. The number of anilines is 1. The molecule has 0 aliphatic heterocycles. The lowest BCUT2D eigenvalue weighted by molar-refractivity contribution is -0.144. The SMILES string of the molecule is CCOc1ncnc(NCC2CCCCC2C(=O)O)c1C. The average molecular weight is 293 g/mol. The van der Waals surface area contributed by atoms with Gasteiger partial charge in [-0.3, -0.25) is 4.79 Å². The number of rotatable bonds is 6. The number of hydrogen-bond acceptors (Lipinski definition) is 5. The van der Waals surface area contributed by atoms with Crippen LogP contribution in [0.4, 0.5) is 5.82 Å². The lowest BCUT2D eigenvalue weighted by Crippen LogP contribution is -2.32. The summed E-state index contributed by atoms with van der Waals surface area (Å²) in [5, 5.41) is 12.6. The van der Waals surface area contributed by atoms with Crippen LogP contribution in [0, 0.1) is 18.8 Å². The molecule has 6 heteroatoms. The van der Waals surface area contributed by atoms with E-state index in [-0.39, 0.29) is 11.8 Å². The Morgan fingerprint density at radius 2 is 2.19 bits per heavy atom. The first-order valence-electron chi connectivity index (χ1n) is 7.54. The monoisotopic (exact) mass is 293 g/mol. The number of carboxylic acids is 1. The third-order valence-corrected chi connectivity index (χ3v) is 4.08. The fourth-order valence-corrected chi connectivity index (χ4v) is 2.90. The fourth-order valence-electron chi connectivity index (χ4n) is 2.90. The van der Waals surface area contributed by atoms with Gasteiger partial charge >= 0.3 is 5.97 Å². The third kappa shape index (κ3) is 3.83. The van der Waals surface area contributed by atoms with Crippen molar-refractivity contribution >= 4 is 11.8 Å². The van der Waals surface area contributed by atoms with E-state index in [1.165, 1.54) is 6.33 Å². The maximum absolute atomic E-state index is 11.3. The highest BCUT2D eigenvalue weighted by Gasteiger charge is 2.30. The van der Waals surface area contributed by atoms with E-state index in [4.69, 9.17) is 4.74 Å². The van der Waals surface area contributed by atoms with Crippen molar-refractivity contribution in [2.45, 2.75) is 39.5 Å². The molecule has 0 saturated heterocycles. The van der Waals surface area contributed by atoms with Gasteiger partial charge < -0.3 is 15.2 Å². The molecule has 1 aromatic heterocycles. The van der Waals surface area contributed by atoms with Crippen LogP contribution in [0.15, 0.2) is 6.33 Å². The van der Waals surface area contributed by atoms with Crippen LogP contribution in [0.3, 0.4) is 0 Å². The number of carboxylic acid groups (broad SMARTS) is 1. The lowest BCUT2D eigenvalue weighted by Gasteiger charge is -2.28. The van der Waals surface area contributed by atoms with Gasteiger partial charge in [-0.2, -0.15) is 0 Å². The topological polar surface area (TPSA) is 84.3 Å². The molecule has 116 valence electrons. The predicted molar refractivity (Wildman–Crippen MR) is 79.5 cm³/mol. The van der Waals surface area contributed by atoms with Crippen LogP contribution >= 0.6 is 0 Å². The standard InChI is InChI=1S/C15H23N3O3/c1-3-21-14-10(2)13(17-9-18-14)16-8-11-6-4-5-7-12(11)15(19)20/h9,11-12H,3-8H2,1-2H3,(H,19,20)(H,16,17,18). The molecule has 1 saturated carbocycles. The predicted octanol–water partition coefficient (Wildman–Crippen LogP) is 2.49. The average Bonchev–Trinajstić information content (AvgIpc) is 2.48. The zero-order valence-corrected chi connectivity index (χ0v) is 12.6. The quantitative estimate of drug-likeness (QED) is 0.838. The summed E-state index contributed by atoms with van der Waals surface area (Å²) in [4.78, 5) is 19.6. The molecule has 2 rings (SSSR count). The first kappa shape index (κ1) is 15.5. The van der Waals surface area contributed by atoms with Gasteiger partial charge in [-0.25, -0.2) is 9.97 Å². The molecule has 0 bridgehead atoms. The minimum Gasteiger partial charge on any atom is -0.481 e. The van der Waals surface area contributed by atoms with Gasteiger partial charge in [0.15, 0.2) is 0 Å². The van der Waals surface area contributed by atoms with Crippen molar-refractivity contribution in [3.05, 3.63) is 11.9 Å². The Hall–Kier alpha value is -1.85. The van der Waals surface area contributed by atoms with Crippen molar-refractivity contribution in [2.75, 3.05) is 18.5 Å². The van der Waals surface area contributed by atoms with Crippen LogP contribution in [0.25, 0.3) is 0 Å². The molecule has 21 heavy (non-hydrogen) atoms. The van der Waals surface area contributed by atoms with Crippen LogP contribution in [-0.2, 0) is 4.79 Å². The maximum atomic E-state index is 11.3. The summed E-state index contributed by atoms with van der Waals surface area (Å²) in [5.41, 5.74) is 0.863. The van der Waals surface area contributed by atoms with Crippen LogP contribution in [0.5, 0.6) is 5.88 Å². The second kappa shape index (κ2) is 7.24. The summed E-state index contributed by atoms with van der Waals surface area (Å²) in [6.07, 6.45) is 5.30. The number of aliphatic carboxylic acids is 1. The molecule has 0 spiro atoms. The summed E-state index contributed by atoms with van der Waals surface area (Å²) in [6.45, 7) is 5.00. The van der Waals surface area contributed by atoms with Crippen LogP contribution in [-0.4, -0.2) is 34.2 Å². The zero-order valence-electron chi connectivity index (χ0n) is 12.6. The molecule has 2 unspecified atom stereocenters. The Morgan fingerprint density at radius 1 is 1.43 bits per heavy atom. The summed E-state index contributed by atoms with van der Waals surface area (Å²) in [7, 11) is 0. The van der Waals surface area contributed by atoms with E-state index in [2.05, 4.69) is 15.3 Å². The molecule has 6 nitrogen and oxygen atoms in total. The summed E-state index contributed by atoms with van der Waals surface area (Å²) >= 11 is 0. The van der Waals surface area contributed by atoms with Crippen molar-refractivity contribution in [3.63, 3.8) is 0 Å². The van der Waals surface area contributed by atoms with Gasteiger partial charge in [0, 0.05) is 6.54 Å². The molecular formula is C15H23N3O3. The molecule has 0 amide bonds. The third-order valence-electron chi connectivity index (χ3n) is 4.08. The lowest BCUT2D eigenvalue weighted by atomic mass is 9.79. The van der Waals surface area contributed by atoms with E-state index < -0.39 is 5.97 Å². The smallest absolute Gasteiger partial charge is 0.306 e. The van der Waals surface area contributed by atoms with E-state index in [1.807, 2.05) is 13.8 Å². The first-order chi connectivity index (χ1) is 10.1. The van der Waals surface area contributed by atoms with E-state index >= 15 is 0 Å². The van der Waals surface area contributed by atoms with Gasteiger partial charge in [0.2, 0.25) is 5.88 Å². The maximum Gasteiger partial charge on any atom is 0.306 e. The Labute approximate surface area is 124 Å². The van der Waals surface area contributed by atoms with Crippen molar-refractivity contribution in [2.24, 2.45) is 11.8 Å². The van der Waals surface area contributed by atoms with E-state index in [1.54, 1.807) is 0 Å². The number of aromatic nitrogens is 2. The van der Waals surface area contributed by atoms with Gasteiger partial charge in [0.25, 0.3) is 0 Å². The highest BCUT2D eigenvalue weighted by molar-refractivity contribution is 5.70. The normalized spacial score (nSPS) is 21.8. The second-order valence-electron chi connectivity index (χ2n) is 5.46. The van der Waals surface area contributed by atoms with Crippen molar-refractivity contribution in [1.29, 1.82) is 0 Å². The molecule has 1 aromatic rings. The molecule has 1 fully saturated rings. The first-order valence-corrected chi connectivity index (χ1v) is 7.54. The van der Waals surface area contributed by atoms with Crippen LogP contribution in [0.2, 0.25) is 0 Å². The minimum absolute atomic E-state index is 0.154. The molecule has 1 aliphatic rings. The van der Waals surface area contributed by atoms with Gasteiger partial charge in [-0.1, -0.05) is 12.8 Å². The number of hydrogen-bond donors (Lipinski definition) is 2. The number of ether oxygens (including phenoxy) is 1. The Morgan fingerprint density at radius 3 is 2.90 bits per heavy atom. The molecule has 1 heterocycles. The van der Waals surface area contributed by atoms with Crippen LogP contribution < -0.4 is 10.1 Å². The van der Waals surface area contributed by atoms with E-state index in [0.717, 1.165) is 37.1 Å². The van der Waals surface area contributed by atoms with E-state index in [0.29, 0.717) is 19.0 Å². The molecular weight excluding hydrogens is 270 g/mol. The summed E-state index contributed by atoms with van der Waals surface area (Å²) in [6, 6.07) is 0. The Balaban J connectivity index is 2.01. The number of carbonyl (C=O) groups is 1. The van der Waals surface area contributed by atoms with E-state index in [9.17, 15) is 9.90 Å². The number of nitrogens with one attached hydrogen (secondary N) is 1. The van der Waals surface area contributed by atoms with Gasteiger partial charge in [0.1, 0.15) is 12.1 Å². The second-order valence-corrected chi connectivity index (χ2v) is 5.46. The highest BCUT2D eigenvalue weighted by Crippen LogP contribution is 2.31. The van der Waals surface area contributed by atoms with Gasteiger partial charge in [-0.15, -0.1) is 0 Å². The van der Waals surface area contributed by atoms with Gasteiger partial charge in [-0.05, 0) is 32.6 Å². The Bertz CT molecular complexity index is 493. The molecule has 0 aromatic carbocycles. The molecule has 1 aliphatic carbocycles. The largest absolute Gasteiger partial charge is 0.481 e. The van der Waals surface area contributed by atoms with Crippen molar-refractivity contribution in [1.82, 2.24) is 9.97 Å². The molecule has 2 atom stereocenters. The van der Waals surface area contributed by atoms with Gasteiger partial charge in [0.05, 0.1) is 18.1 Å². The summed E-state index contributed by atoms with van der Waals surface area (Å²) in [5.74, 6) is 0.522. The minimum atomic E-state index is -0.684. The Kier molecular flexibility index (Phi) is 5.36. The molecule has 2 N–H and O–H groups in total. The van der Waals surface area contributed by atoms with Crippen molar-refractivity contribution in [3.8, 4) is 5.88 Å². The zero-order chi connectivity index (χ0) is 15.2. The van der Waals surface area contributed by atoms with Crippen LogP contribution in [0.1, 0.15) is 38.2 Å². The van der Waals surface area contributed by atoms with Crippen molar-refractivity contribution < 1.29 is 14.6 Å².